The quantitative estimate of drug-likeness (QED) is 0.893. The lowest BCUT2D eigenvalue weighted by molar-refractivity contribution is -0.274. The fourth-order valence-corrected chi connectivity index (χ4v) is 1.58. The van der Waals surface area contributed by atoms with Crippen molar-refractivity contribution in [1.82, 2.24) is 0 Å². The van der Waals surface area contributed by atoms with Crippen molar-refractivity contribution in [1.29, 1.82) is 0 Å². The minimum atomic E-state index is -4.79. The third-order valence-electron chi connectivity index (χ3n) is 2.29. The molecule has 0 aromatic heterocycles. The Labute approximate surface area is 113 Å². The van der Waals surface area contributed by atoms with Gasteiger partial charge in [0, 0.05) is 0 Å². The van der Waals surface area contributed by atoms with E-state index in [0.717, 1.165) is 12.1 Å². The maximum atomic E-state index is 12.0. The van der Waals surface area contributed by atoms with Crippen LogP contribution >= 0.6 is 0 Å². The van der Waals surface area contributed by atoms with E-state index < -0.39 is 29.9 Å². The first kappa shape index (κ1) is 16.1. The zero-order valence-corrected chi connectivity index (χ0v) is 10.8. The van der Waals surface area contributed by atoms with Crippen LogP contribution in [0.4, 0.5) is 18.0 Å². The molecule has 1 rings (SSSR count). The van der Waals surface area contributed by atoms with E-state index in [-0.39, 0.29) is 5.56 Å². The molecule has 1 atom stereocenters. The van der Waals surface area contributed by atoms with Crippen molar-refractivity contribution >= 4 is 6.09 Å². The van der Waals surface area contributed by atoms with Gasteiger partial charge in [0.1, 0.15) is 11.4 Å². The monoisotopic (exact) mass is 293 g/mol. The van der Waals surface area contributed by atoms with Gasteiger partial charge in [0.25, 0.3) is 0 Å². The van der Waals surface area contributed by atoms with E-state index in [9.17, 15) is 23.1 Å². The van der Waals surface area contributed by atoms with Crippen molar-refractivity contribution in [3.8, 4) is 5.75 Å². The normalized spacial score (nSPS) is 13.7. The molecule has 0 heterocycles. The minimum Gasteiger partial charge on any atom is -0.438 e. The van der Waals surface area contributed by atoms with E-state index in [1.54, 1.807) is 0 Å². The molecule has 0 saturated heterocycles. The van der Waals surface area contributed by atoms with Crippen LogP contribution in [0.15, 0.2) is 24.3 Å². The molecule has 1 aromatic carbocycles. The fourth-order valence-electron chi connectivity index (χ4n) is 1.58. The molecule has 0 bridgehead atoms. The van der Waals surface area contributed by atoms with E-state index >= 15 is 0 Å². The lowest BCUT2D eigenvalue weighted by atomic mass is 9.94. The molecule has 0 fully saturated rings. The van der Waals surface area contributed by atoms with E-state index in [1.165, 1.54) is 26.0 Å². The molecule has 20 heavy (non-hydrogen) atoms. The molecule has 5 nitrogen and oxygen atoms in total. The number of nitrogens with two attached hydrogens (primary N) is 1. The van der Waals surface area contributed by atoms with Crippen molar-refractivity contribution in [3.63, 3.8) is 0 Å². The number of halogens is 3. The van der Waals surface area contributed by atoms with E-state index in [0.29, 0.717) is 0 Å². The maximum Gasteiger partial charge on any atom is 0.573 e. The molecule has 0 spiro atoms. The van der Waals surface area contributed by atoms with Crippen molar-refractivity contribution in [2.24, 2.45) is 5.73 Å². The molecular formula is C12H14F3NO4. The summed E-state index contributed by atoms with van der Waals surface area (Å²) in [6.45, 7) is 2.75. The lowest BCUT2D eigenvalue weighted by Gasteiger charge is -2.28. The summed E-state index contributed by atoms with van der Waals surface area (Å²) in [4.78, 5) is 10.8. The Morgan fingerprint density at radius 1 is 1.25 bits per heavy atom. The largest absolute Gasteiger partial charge is 0.573 e. The Bertz CT molecular complexity index is 465. The topological polar surface area (TPSA) is 81.8 Å². The van der Waals surface area contributed by atoms with Crippen LogP contribution in [0.25, 0.3) is 0 Å². The van der Waals surface area contributed by atoms with Crippen molar-refractivity contribution in [3.05, 3.63) is 29.8 Å². The van der Waals surface area contributed by atoms with Gasteiger partial charge in [-0.1, -0.05) is 12.1 Å². The van der Waals surface area contributed by atoms with Gasteiger partial charge in [0.15, 0.2) is 6.10 Å². The highest BCUT2D eigenvalue weighted by Gasteiger charge is 2.33. The number of amides is 1. The highest BCUT2D eigenvalue weighted by Crippen LogP contribution is 2.31. The fraction of sp³-hybridized carbons (Fsp3) is 0.417. The van der Waals surface area contributed by atoms with E-state index in [4.69, 9.17) is 10.5 Å². The molecule has 1 amide bonds. The number of ether oxygens (including phenoxy) is 2. The van der Waals surface area contributed by atoms with Crippen molar-refractivity contribution in [2.45, 2.75) is 31.9 Å². The van der Waals surface area contributed by atoms with Gasteiger partial charge < -0.3 is 20.3 Å². The summed E-state index contributed by atoms with van der Waals surface area (Å²) in [5.74, 6) is -0.421. The summed E-state index contributed by atoms with van der Waals surface area (Å²) < 4.78 is 44.5. The lowest BCUT2D eigenvalue weighted by Crippen LogP contribution is -2.34. The smallest absolute Gasteiger partial charge is 0.438 e. The third-order valence-corrected chi connectivity index (χ3v) is 2.29. The zero-order valence-electron chi connectivity index (χ0n) is 10.8. The summed E-state index contributed by atoms with van der Waals surface area (Å²) in [5.41, 5.74) is 3.72. The van der Waals surface area contributed by atoms with Crippen LogP contribution in [0.2, 0.25) is 0 Å². The molecular weight excluding hydrogens is 279 g/mol. The average Bonchev–Trinajstić information content (AvgIpc) is 2.23. The highest BCUT2D eigenvalue weighted by atomic mass is 19.4. The van der Waals surface area contributed by atoms with Gasteiger partial charge in [0.2, 0.25) is 0 Å². The summed E-state index contributed by atoms with van der Waals surface area (Å²) in [7, 11) is 0. The van der Waals surface area contributed by atoms with Gasteiger partial charge >= 0.3 is 12.5 Å². The molecule has 3 N–H and O–H groups in total. The number of carbonyl (C=O) groups excluding carboxylic acids is 1. The van der Waals surface area contributed by atoms with Crippen LogP contribution in [-0.4, -0.2) is 23.2 Å². The Morgan fingerprint density at radius 3 is 2.10 bits per heavy atom. The molecule has 112 valence electrons. The molecule has 8 heteroatoms. The molecule has 0 saturated carbocycles. The second-order valence-corrected chi connectivity index (χ2v) is 4.59. The van der Waals surface area contributed by atoms with Crippen LogP contribution in [0, 0.1) is 0 Å². The highest BCUT2D eigenvalue weighted by molar-refractivity contribution is 5.65. The minimum absolute atomic E-state index is 0.283. The first-order chi connectivity index (χ1) is 8.99. The van der Waals surface area contributed by atoms with Gasteiger partial charge in [-0.3, -0.25) is 0 Å². The Balaban J connectivity index is 2.96. The van der Waals surface area contributed by atoms with Crippen LogP contribution in [-0.2, 0) is 4.74 Å². The predicted octanol–water partition coefficient (Wildman–Crippen LogP) is 2.49. The third kappa shape index (κ3) is 4.96. The average molecular weight is 293 g/mol. The number of alkyl halides is 3. The molecule has 1 unspecified atom stereocenters. The van der Waals surface area contributed by atoms with Gasteiger partial charge in [-0.05, 0) is 31.5 Å². The van der Waals surface area contributed by atoms with Gasteiger partial charge in [-0.25, -0.2) is 4.79 Å². The summed E-state index contributed by atoms with van der Waals surface area (Å²) in [6, 6.07) is 4.58. The van der Waals surface area contributed by atoms with Crippen molar-refractivity contribution < 1.29 is 32.5 Å². The summed E-state index contributed by atoms with van der Waals surface area (Å²) in [6.07, 6.45) is -7.01. The van der Waals surface area contributed by atoms with Crippen LogP contribution in [0.1, 0.15) is 25.5 Å². The van der Waals surface area contributed by atoms with Gasteiger partial charge in [-0.15, -0.1) is 13.2 Å². The first-order valence-corrected chi connectivity index (χ1v) is 5.53. The van der Waals surface area contributed by atoms with Crippen LogP contribution < -0.4 is 10.5 Å². The van der Waals surface area contributed by atoms with Crippen LogP contribution in [0.3, 0.4) is 0 Å². The Morgan fingerprint density at radius 2 is 1.75 bits per heavy atom. The maximum absolute atomic E-state index is 12.0. The summed E-state index contributed by atoms with van der Waals surface area (Å²) in [5, 5.41) is 9.89. The number of benzene rings is 1. The van der Waals surface area contributed by atoms with E-state index in [1.807, 2.05) is 0 Å². The Kier molecular flexibility index (Phi) is 4.49. The number of hydrogen-bond donors (Lipinski definition) is 2. The molecule has 0 aliphatic heterocycles. The first-order valence-electron chi connectivity index (χ1n) is 5.53. The van der Waals surface area contributed by atoms with Crippen molar-refractivity contribution in [2.75, 3.05) is 0 Å². The molecule has 1 aromatic rings. The van der Waals surface area contributed by atoms with Gasteiger partial charge in [-0.2, -0.15) is 0 Å². The number of primary amides is 1. The number of carbonyl (C=O) groups is 1. The van der Waals surface area contributed by atoms with Gasteiger partial charge in [0.05, 0.1) is 0 Å². The number of rotatable bonds is 4. The SMILES string of the molecule is CC(C)(O)C(OC(N)=O)c1ccc(OC(F)(F)F)cc1. The molecule has 0 aliphatic rings. The standard InChI is InChI=1S/C12H14F3NO4/c1-11(2,18)9(19-10(16)17)7-3-5-8(6-4-7)20-12(13,14)15/h3-6,9,18H,1-2H3,(H2,16,17). The van der Waals surface area contributed by atoms with Crippen LogP contribution in [0.5, 0.6) is 5.75 Å². The predicted molar refractivity (Wildman–Crippen MR) is 62.8 cm³/mol. The second-order valence-electron chi connectivity index (χ2n) is 4.59. The number of aliphatic hydroxyl groups is 1. The van der Waals surface area contributed by atoms with E-state index in [2.05, 4.69) is 4.74 Å². The Hall–Kier alpha value is -1.96. The number of hydrogen-bond acceptors (Lipinski definition) is 4. The summed E-state index contributed by atoms with van der Waals surface area (Å²) >= 11 is 0. The molecule has 0 aliphatic carbocycles. The zero-order chi connectivity index (χ0) is 15.6. The second kappa shape index (κ2) is 5.58. The molecule has 0 radical (unpaired) electrons.